The van der Waals surface area contributed by atoms with Gasteiger partial charge in [0.25, 0.3) is 0 Å². The fourth-order valence-corrected chi connectivity index (χ4v) is 3.94. The fraction of sp³-hybridized carbons (Fsp3) is 1.00. The van der Waals surface area contributed by atoms with E-state index in [4.69, 9.17) is 0 Å². The maximum atomic E-state index is 12.0. The zero-order chi connectivity index (χ0) is 13.0. The maximum absolute atomic E-state index is 12.0. The Morgan fingerprint density at radius 2 is 1.31 bits per heavy atom. The van der Waals surface area contributed by atoms with Gasteiger partial charge in [0.15, 0.2) is 0 Å². The van der Waals surface area contributed by atoms with Crippen molar-refractivity contribution in [2.75, 3.05) is 18.5 Å². The number of unbranched alkanes of at least 4 members (excludes halogenated alkanes) is 1. The highest BCUT2D eigenvalue weighted by Gasteiger charge is 2.45. The second-order valence-electron chi connectivity index (χ2n) is 3.68. The van der Waals surface area contributed by atoms with E-state index in [1.54, 1.807) is 6.92 Å². The number of halogens is 6. The molecule has 0 unspecified atom stereocenters. The first-order valence-electron chi connectivity index (χ1n) is 4.68. The molecule has 1 nitrogen and oxygen atoms in total. The molecule has 0 saturated carbocycles. The summed E-state index contributed by atoms with van der Waals surface area (Å²) in [4.78, 5) is 0. The molecule has 0 bridgehead atoms. The van der Waals surface area contributed by atoms with Crippen molar-refractivity contribution in [2.24, 2.45) is 0 Å². The van der Waals surface area contributed by atoms with E-state index in [2.05, 4.69) is 0 Å². The highest BCUT2D eigenvalue weighted by atomic mass is 31.2. The Labute approximate surface area is 89.6 Å². The van der Waals surface area contributed by atoms with Crippen molar-refractivity contribution >= 4 is 7.14 Å². The van der Waals surface area contributed by atoms with Crippen molar-refractivity contribution in [3.8, 4) is 0 Å². The zero-order valence-corrected chi connectivity index (χ0v) is 9.55. The topological polar surface area (TPSA) is 17.1 Å². The van der Waals surface area contributed by atoms with Gasteiger partial charge in [0, 0.05) is 6.16 Å². The number of hydrogen-bond acceptors (Lipinski definition) is 1. The molecule has 0 aromatic carbocycles. The second-order valence-corrected chi connectivity index (χ2v) is 6.88. The minimum absolute atomic E-state index is 0.115. The zero-order valence-electron chi connectivity index (χ0n) is 8.66. The molecule has 0 amide bonds. The van der Waals surface area contributed by atoms with Crippen LogP contribution in [0.3, 0.4) is 0 Å². The van der Waals surface area contributed by atoms with Gasteiger partial charge in [-0.2, -0.15) is 26.3 Å². The largest absolute Gasteiger partial charge is 0.395 e. The van der Waals surface area contributed by atoms with Crippen LogP contribution in [0.5, 0.6) is 0 Å². The van der Waals surface area contributed by atoms with Gasteiger partial charge in [-0.3, -0.25) is 0 Å². The predicted molar refractivity (Wildman–Crippen MR) is 49.2 cm³/mol. The molecule has 16 heavy (non-hydrogen) atoms. The van der Waals surface area contributed by atoms with Crippen LogP contribution < -0.4 is 0 Å². The smallest absolute Gasteiger partial charge is 0.323 e. The van der Waals surface area contributed by atoms with Gasteiger partial charge in [0.05, 0.1) is 12.3 Å². The van der Waals surface area contributed by atoms with E-state index in [1.807, 2.05) is 0 Å². The Hall–Kier alpha value is -0.190. The summed E-state index contributed by atoms with van der Waals surface area (Å²) >= 11 is 0. The fourth-order valence-electron chi connectivity index (χ4n) is 1.31. The first-order valence-corrected chi connectivity index (χ1v) is 6.94. The number of rotatable bonds is 5. The molecule has 0 aliphatic carbocycles. The molecule has 0 aromatic heterocycles. The molecule has 8 heteroatoms. The average Bonchev–Trinajstić information content (AvgIpc) is 1.93. The molecule has 0 rings (SSSR count). The van der Waals surface area contributed by atoms with E-state index in [9.17, 15) is 30.9 Å². The van der Waals surface area contributed by atoms with Crippen molar-refractivity contribution in [3.05, 3.63) is 0 Å². The van der Waals surface area contributed by atoms with E-state index in [1.165, 1.54) is 0 Å². The van der Waals surface area contributed by atoms with Crippen LogP contribution in [0.15, 0.2) is 0 Å². The van der Waals surface area contributed by atoms with Crippen LogP contribution in [0.4, 0.5) is 26.3 Å². The van der Waals surface area contributed by atoms with Crippen molar-refractivity contribution < 1.29 is 30.9 Å². The standard InChI is InChI=1S/C8H13F6OP/c1-2-3-4-16(15,5-7(9,10)11)6-8(12,13)14/h2-6H2,1H3. The van der Waals surface area contributed by atoms with Gasteiger partial charge in [-0.15, -0.1) is 0 Å². The van der Waals surface area contributed by atoms with Crippen molar-refractivity contribution in [3.63, 3.8) is 0 Å². The van der Waals surface area contributed by atoms with E-state index in [0.29, 0.717) is 6.42 Å². The molecule has 0 atom stereocenters. The van der Waals surface area contributed by atoms with Gasteiger partial charge in [-0.25, -0.2) is 0 Å². The second kappa shape index (κ2) is 5.43. The van der Waals surface area contributed by atoms with Crippen molar-refractivity contribution in [2.45, 2.75) is 32.1 Å². The molecule has 0 radical (unpaired) electrons. The Kier molecular flexibility index (Phi) is 5.36. The molecule has 0 heterocycles. The Balaban J connectivity index is 4.69. The maximum Gasteiger partial charge on any atom is 0.395 e. The number of alkyl halides is 6. The van der Waals surface area contributed by atoms with E-state index < -0.39 is 38.0 Å². The monoisotopic (exact) mass is 270 g/mol. The van der Waals surface area contributed by atoms with Gasteiger partial charge in [0.1, 0.15) is 7.14 Å². The van der Waals surface area contributed by atoms with Gasteiger partial charge in [-0.1, -0.05) is 13.3 Å². The third kappa shape index (κ3) is 8.02. The highest BCUT2D eigenvalue weighted by molar-refractivity contribution is 7.64. The van der Waals surface area contributed by atoms with Gasteiger partial charge < -0.3 is 4.57 Å². The molecule has 0 aliphatic heterocycles. The lowest BCUT2D eigenvalue weighted by atomic mass is 10.4. The molecule has 0 N–H and O–H groups in total. The summed E-state index contributed by atoms with van der Waals surface area (Å²) in [6, 6.07) is 0. The SMILES string of the molecule is CCCCP(=O)(CC(F)(F)F)CC(F)(F)F. The Morgan fingerprint density at radius 1 is 0.938 bits per heavy atom. The molecule has 0 spiro atoms. The summed E-state index contributed by atoms with van der Waals surface area (Å²) in [7, 11) is -4.23. The molecule has 0 aliphatic rings. The van der Waals surface area contributed by atoms with E-state index in [-0.39, 0.29) is 6.42 Å². The first-order chi connectivity index (χ1) is 6.97. The minimum atomic E-state index is -4.81. The van der Waals surface area contributed by atoms with Crippen LogP contribution in [0.25, 0.3) is 0 Å². The molecule has 0 saturated heterocycles. The lowest BCUT2D eigenvalue weighted by Gasteiger charge is -2.20. The normalized spacial score (nSPS) is 14.2. The van der Waals surface area contributed by atoms with Crippen LogP contribution in [-0.2, 0) is 4.57 Å². The van der Waals surface area contributed by atoms with Crippen LogP contribution in [-0.4, -0.2) is 30.8 Å². The van der Waals surface area contributed by atoms with Gasteiger partial charge >= 0.3 is 12.4 Å². The predicted octanol–water partition coefficient (Wildman–Crippen LogP) is 4.27. The summed E-state index contributed by atoms with van der Waals surface area (Å²) in [6.45, 7) is 1.62. The molecular formula is C8H13F6OP. The van der Waals surface area contributed by atoms with Crippen LogP contribution >= 0.6 is 7.14 Å². The molecule has 0 aromatic rings. The number of hydrogen-bond donors (Lipinski definition) is 0. The van der Waals surface area contributed by atoms with Crippen molar-refractivity contribution in [1.29, 1.82) is 0 Å². The summed E-state index contributed by atoms with van der Waals surface area (Å²) in [5.41, 5.74) is 0. The van der Waals surface area contributed by atoms with Crippen LogP contribution in [0.1, 0.15) is 19.8 Å². The van der Waals surface area contributed by atoms with Crippen molar-refractivity contribution in [1.82, 2.24) is 0 Å². The quantitative estimate of drug-likeness (QED) is 0.538. The highest BCUT2D eigenvalue weighted by Crippen LogP contribution is 2.53. The Bertz CT molecular complexity index is 236. The lowest BCUT2D eigenvalue weighted by Crippen LogP contribution is -2.23. The summed E-state index contributed by atoms with van der Waals surface area (Å²) < 4.78 is 83.6. The molecule has 0 fully saturated rings. The third-order valence-corrected chi connectivity index (χ3v) is 4.86. The molecular weight excluding hydrogens is 257 g/mol. The third-order valence-electron chi connectivity index (χ3n) is 1.85. The van der Waals surface area contributed by atoms with E-state index in [0.717, 1.165) is 0 Å². The first kappa shape index (κ1) is 15.8. The van der Waals surface area contributed by atoms with Crippen LogP contribution in [0.2, 0.25) is 0 Å². The lowest BCUT2D eigenvalue weighted by molar-refractivity contribution is -0.112. The minimum Gasteiger partial charge on any atom is -0.323 e. The van der Waals surface area contributed by atoms with E-state index >= 15 is 0 Å². The Morgan fingerprint density at radius 3 is 1.56 bits per heavy atom. The van der Waals surface area contributed by atoms with Gasteiger partial charge in [0.2, 0.25) is 0 Å². The van der Waals surface area contributed by atoms with Gasteiger partial charge in [-0.05, 0) is 6.42 Å². The average molecular weight is 270 g/mol. The molecule has 98 valence electrons. The summed E-state index contributed by atoms with van der Waals surface area (Å²) in [5, 5.41) is 0. The summed E-state index contributed by atoms with van der Waals surface area (Å²) in [5.74, 6) is 0. The summed E-state index contributed by atoms with van der Waals surface area (Å²) in [6.07, 6.45) is -13.2. The van der Waals surface area contributed by atoms with Crippen LogP contribution in [0, 0.1) is 0 Å².